The molecule has 2 fully saturated rings. The van der Waals surface area contributed by atoms with E-state index in [0.29, 0.717) is 30.2 Å². The van der Waals surface area contributed by atoms with Gasteiger partial charge in [0.05, 0.1) is 6.54 Å². The number of hydrogen-bond donors (Lipinski definition) is 2. The molecule has 1 amide bonds. The third-order valence-electron chi connectivity index (χ3n) is 4.87. The maximum absolute atomic E-state index is 12.2. The maximum atomic E-state index is 12.2. The highest BCUT2D eigenvalue weighted by Crippen LogP contribution is 2.19. The second kappa shape index (κ2) is 7.77. The van der Waals surface area contributed by atoms with Crippen LogP contribution in [0.1, 0.15) is 80.6 Å². The largest absolute Gasteiger partial charge is 0.447 e. The van der Waals surface area contributed by atoms with E-state index in [1.54, 1.807) is 0 Å². The molecule has 1 aromatic rings. The molecule has 0 aromatic carbocycles. The normalized spacial score (nSPS) is 20.9. The lowest BCUT2D eigenvalue weighted by molar-refractivity contribution is 0.0922. The van der Waals surface area contributed by atoms with Gasteiger partial charge in [-0.15, -0.1) is 0 Å². The fourth-order valence-electron chi connectivity index (χ4n) is 3.54. The molecule has 0 bridgehead atoms. The van der Waals surface area contributed by atoms with Crippen molar-refractivity contribution >= 4 is 5.91 Å². The first kappa shape index (κ1) is 15.5. The van der Waals surface area contributed by atoms with Crippen LogP contribution < -0.4 is 10.6 Å². The highest BCUT2D eigenvalue weighted by molar-refractivity contribution is 5.92. The van der Waals surface area contributed by atoms with Gasteiger partial charge in [-0.05, 0) is 25.7 Å². The Kier molecular flexibility index (Phi) is 5.48. The standard InChI is InChI=1S/C17H27N3O2/c21-17(19-14-9-5-2-6-10-14)15-12-22-16(20-15)11-18-13-7-3-1-4-8-13/h12-14,18H,1-11H2,(H,19,21). The number of oxazole rings is 1. The summed E-state index contributed by atoms with van der Waals surface area (Å²) < 4.78 is 5.43. The van der Waals surface area contributed by atoms with E-state index in [1.807, 2.05) is 0 Å². The molecule has 0 atom stereocenters. The van der Waals surface area contributed by atoms with Crippen LogP contribution in [0.4, 0.5) is 0 Å². The number of rotatable bonds is 5. The first-order chi connectivity index (χ1) is 10.8. The van der Waals surface area contributed by atoms with Crippen LogP contribution in [0.5, 0.6) is 0 Å². The van der Waals surface area contributed by atoms with Gasteiger partial charge in [0.25, 0.3) is 5.91 Å². The fraction of sp³-hybridized carbons (Fsp3) is 0.765. The van der Waals surface area contributed by atoms with Crippen LogP contribution in [0.2, 0.25) is 0 Å². The second-order valence-electron chi connectivity index (χ2n) is 6.65. The van der Waals surface area contributed by atoms with Crippen molar-refractivity contribution in [3.63, 3.8) is 0 Å². The van der Waals surface area contributed by atoms with E-state index in [9.17, 15) is 4.79 Å². The van der Waals surface area contributed by atoms with Gasteiger partial charge in [-0.3, -0.25) is 4.79 Å². The molecule has 0 spiro atoms. The summed E-state index contributed by atoms with van der Waals surface area (Å²) in [6, 6.07) is 0.877. The van der Waals surface area contributed by atoms with E-state index in [4.69, 9.17) is 4.42 Å². The number of nitrogens with one attached hydrogen (secondary N) is 2. The van der Waals surface area contributed by atoms with Gasteiger partial charge in [0.2, 0.25) is 5.89 Å². The van der Waals surface area contributed by atoms with Crippen LogP contribution in [-0.2, 0) is 6.54 Å². The van der Waals surface area contributed by atoms with Gasteiger partial charge in [-0.1, -0.05) is 38.5 Å². The Labute approximate surface area is 132 Å². The molecule has 122 valence electrons. The molecule has 1 aromatic heterocycles. The minimum absolute atomic E-state index is 0.0976. The summed E-state index contributed by atoms with van der Waals surface area (Å²) in [6.07, 6.45) is 13.8. The van der Waals surface area contributed by atoms with Gasteiger partial charge in [0.1, 0.15) is 6.26 Å². The summed E-state index contributed by atoms with van der Waals surface area (Å²) in [6.45, 7) is 0.612. The van der Waals surface area contributed by atoms with Crippen LogP contribution in [-0.4, -0.2) is 23.0 Å². The zero-order valence-corrected chi connectivity index (χ0v) is 13.3. The van der Waals surface area contributed by atoms with E-state index < -0.39 is 0 Å². The Balaban J connectivity index is 1.46. The van der Waals surface area contributed by atoms with Crippen molar-refractivity contribution < 1.29 is 9.21 Å². The molecule has 22 heavy (non-hydrogen) atoms. The average molecular weight is 305 g/mol. The predicted molar refractivity (Wildman–Crippen MR) is 84.6 cm³/mol. The highest BCUT2D eigenvalue weighted by atomic mass is 16.3. The van der Waals surface area contributed by atoms with E-state index in [1.165, 1.54) is 57.6 Å². The lowest BCUT2D eigenvalue weighted by atomic mass is 9.95. The first-order valence-electron chi connectivity index (χ1n) is 8.80. The number of amides is 1. The predicted octanol–water partition coefficient (Wildman–Crippen LogP) is 3.16. The van der Waals surface area contributed by atoms with Crippen LogP contribution >= 0.6 is 0 Å². The molecule has 0 radical (unpaired) electrons. The SMILES string of the molecule is O=C(NC1CCCCC1)c1coc(CNC2CCCCC2)n1. The number of hydrogen-bond acceptors (Lipinski definition) is 4. The molecule has 0 saturated heterocycles. The van der Waals surface area contributed by atoms with Crippen molar-refractivity contribution in [3.8, 4) is 0 Å². The molecule has 2 aliphatic carbocycles. The molecule has 2 saturated carbocycles. The molecule has 2 aliphatic rings. The number of carbonyl (C=O) groups excluding carboxylic acids is 1. The third kappa shape index (κ3) is 4.32. The molecule has 5 heteroatoms. The summed E-state index contributed by atoms with van der Waals surface area (Å²) in [7, 11) is 0. The van der Waals surface area contributed by atoms with Crippen molar-refractivity contribution in [1.29, 1.82) is 0 Å². The Morgan fingerprint density at radius 1 is 1.05 bits per heavy atom. The molecule has 5 nitrogen and oxygen atoms in total. The Morgan fingerprint density at radius 3 is 2.36 bits per heavy atom. The Bertz CT molecular complexity index is 474. The average Bonchev–Trinajstić information content (AvgIpc) is 3.04. The minimum Gasteiger partial charge on any atom is -0.447 e. The zero-order valence-electron chi connectivity index (χ0n) is 13.3. The van der Waals surface area contributed by atoms with E-state index in [2.05, 4.69) is 15.6 Å². The van der Waals surface area contributed by atoms with Gasteiger partial charge in [0, 0.05) is 12.1 Å². The molecule has 1 heterocycles. The lowest BCUT2D eigenvalue weighted by Gasteiger charge is -2.22. The summed E-state index contributed by atoms with van der Waals surface area (Å²) >= 11 is 0. The molecule has 2 N–H and O–H groups in total. The maximum Gasteiger partial charge on any atom is 0.273 e. The third-order valence-corrected chi connectivity index (χ3v) is 4.87. The van der Waals surface area contributed by atoms with Gasteiger partial charge in [-0.2, -0.15) is 0 Å². The van der Waals surface area contributed by atoms with E-state index in [0.717, 1.165) is 12.8 Å². The number of carbonyl (C=O) groups is 1. The van der Waals surface area contributed by atoms with Gasteiger partial charge >= 0.3 is 0 Å². The van der Waals surface area contributed by atoms with Gasteiger partial charge < -0.3 is 15.1 Å². The number of nitrogens with zero attached hydrogens (tertiary/aromatic N) is 1. The van der Waals surface area contributed by atoms with Crippen molar-refractivity contribution in [2.45, 2.75) is 82.8 Å². The molecule has 0 aliphatic heterocycles. The number of aromatic nitrogens is 1. The second-order valence-corrected chi connectivity index (χ2v) is 6.65. The molecule has 0 unspecified atom stereocenters. The summed E-state index contributed by atoms with van der Waals surface area (Å²) in [5.41, 5.74) is 0.408. The topological polar surface area (TPSA) is 67.2 Å². The van der Waals surface area contributed by atoms with Crippen LogP contribution in [0.25, 0.3) is 0 Å². The summed E-state index contributed by atoms with van der Waals surface area (Å²) in [5, 5.41) is 6.56. The van der Waals surface area contributed by atoms with Crippen LogP contribution in [0, 0.1) is 0 Å². The van der Waals surface area contributed by atoms with Gasteiger partial charge in [0.15, 0.2) is 5.69 Å². The van der Waals surface area contributed by atoms with E-state index >= 15 is 0 Å². The van der Waals surface area contributed by atoms with Crippen molar-refractivity contribution in [2.24, 2.45) is 0 Å². The van der Waals surface area contributed by atoms with Gasteiger partial charge in [-0.25, -0.2) is 4.98 Å². The highest BCUT2D eigenvalue weighted by Gasteiger charge is 2.19. The zero-order chi connectivity index (χ0) is 15.2. The molecular weight excluding hydrogens is 278 g/mol. The van der Waals surface area contributed by atoms with Crippen LogP contribution in [0.3, 0.4) is 0 Å². The lowest BCUT2D eigenvalue weighted by Crippen LogP contribution is -2.36. The monoisotopic (exact) mass is 305 g/mol. The minimum atomic E-state index is -0.0976. The Hall–Kier alpha value is -1.36. The van der Waals surface area contributed by atoms with Crippen molar-refractivity contribution in [3.05, 3.63) is 17.8 Å². The van der Waals surface area contributed by atoms with Crippen LogP contribution in [0.15, 0.2) is 10.7 Å². The Morgan fingerprint density at radius 2 is 1.68 bits per heavy atom. The quantitative estimate of drug-likeness (QED) is 0.877. The first-order valence-corrected chi connectivity index (χ1v) is 8.80. The smallest absolute Gasteiger partial charge is 0.273 e. The van der Waals surface area contributed by atoms with Crippen molar-refractivity contribution in [1.82, 2.24) is 15.6 Å². The molecule has 3 rings (SSSR count). The fourth-order valence-corrected chi connectivity index (χ4v) is 3.54. The van der Waals surface area contributed by atoms with E-state index in [-0.39, 0.29) is 5.91 Å². The molecular formula is C17H27N3O2. The summed E-state index contributed by atoms with van der Waals surface area (Å²) in [4.78, 5) is 16.5. The summed E-state index contributed by atoms with van der Waals surface area (Å²) in [5.74, 6) is 0.513. The van der Waals surface area contributed by atoms with Crippen molar-refractivity contribution in [2.75, 3.05) is 0 Å².